The molecule has 0 bridgehead atoms. The van der Waals surface area contributed by atoms with Crippen molar-refractivity contribution in [2.75, 3.05) is 20.3 Å². The lowest BCUT2D eigenvalue weighted by atomic mass is 9.85. The van der Waals surface area contributed by atoms with Gasteiger partial charge in [-0.15, -0.1) is 11.3 Å². The number of rotatable bonds is 10. The number of nitrogens with zero attached hydrogens (tertiary/aromatic N) is 2. The Morgan fingerprint density at radius 1 is 1.13 bits per heavy atom. The number of primary sulfonamides is 1. The number of hydrogen-bond donors (Lipinski definition) is 1. The minimum Gasteiger partial charge on any atom is -0.434 e. The van der Waals surface area contributed by atoms with Crippen LogP contribution < -0.4 is 5.14 Å². The maximum Gasteiger partial charge on any atom is 0.266 e. The van der Waals surface area contributed by atoms with E-state index in [4.69, 9.17) is 23.8 Å². The normalized spacial score (nSPS) is 16.2. The average molecular weight is 570 g/mol. The second-order valence-corrected chi connectivity index (χ2v) is 11.3. The quantitative estimate of drug-likeness (QED) is 0.279. The van der Waals surface area contributed by atoms with Crippen molar-refractivity contribution in [3.05, 3.63) is 77.2 Å². The molecule has 0 radical (unpaired) electrons. The molecule has 10 nitrogen and oxygen atoms in total. The molecule has 12 heteroatoms. The third kappa shape index (κ3) is 5.86. The molecule has 2 aromatic carbocycles. The third-order valence-electron chi connectivity index (χ3n) is 6.72. The fraction of sp³-hybridized carbons (Fsp3) is 0.296. The van der Waals surface area contributed by atoms with Gasteiger partial charge in [0.2, 0.25) is 15.8 Å². The van der Waals surface area contributed by atoms with E-state index in [9.17, 15) is 13.2 Å². The minimum atomic E-state index is -4.11. The number of Topliss-reactive ketones (excluding diaryl/α,β-unsaturated/α-hetero) is 1. The van der Waals surface area contributed by atoms with Crippen molar-refractivity contribution in [3.8, 4) is 22.5 Å². The summed E-state index contributed by atoms with van der Waals surface area (Å²) in [5, 5.41) is 7.34. The van der Waals surface area contributed by atoms with Crippen molar-refractivity contribution in [3.63, 3.8) is 0 Å². The maximum atomic E-state index is 13.8. The Labute approximate surface area is 229 Å². The lowest BCUT2D eigenvalue weighted by Gasteiger charge is -2.40. The largest absolute Gasteiger partial charge is 0.434 e. The van der Waals surface area contributed by atoms with E-state index in [0.29, 0.717) is 31.7 Å². The first-order valence-corrected chi connectivity index (χ1v) is 14.6. The van der Waals surface area contributed by atoms with Gasteiger partial charge in [0, 0.05) is 44.1 Å². The SMILES string of the molecule is COC1(C(OCc2cscn2)C(=O)c2ncc(-c3cc(-c4ccccc4)ccc3S(N)(=O)=O)o2)CCOCC1. The van der Waals surface area contributed by atoms with Crippen molar-refractivity contribution in [2.45, 2.75) is 36.0 Å². The van der Waals surface area contributed by atoms with Crippen LogP contribution in [0.15, 0.2) is 74.9 Å². The van der Waals surface area contributed by atoms with Gasteiger partial charge in [-0.3, -0.25) is 4.79 Å². The first-order valence-electron chi connectivity index (χ1n) is 12.1. The second kappa shape index (κ2) is 11.5. The third-order valence-corrected chi connectivity index (χ3v) is 8.32. The van der Waals surface area contributed by atoms with Crippen LogP contribution in [0.2, 0.25) is 0 Å². The summed E-state index contributed by atoms with van der Waals surface area (Å²) in [6, 6.07) is 14.2. The number of ketones is 1. The Morgan fingerprint density at radius 2 is 1.90 bits per heavy atom. The molecule has 4 aromatic rings. The van der Waals surface area contributed by atoms with E-state index in [1.807, 2.05) is 35.7 Å². The molecule has 1 atom stereocenters. The lowest BCUT2D eigenvalue weighted by molar-refractivity contribution is -0.158. The number of thiazole rings is 1. The predicted octanol–water partition coefficient (Wildman–Crippen LogP) is 4.08. The highest BCUT2D eigenvalue weighted by Gasteiger charge is 2.47. The van der Waals surface area contributed by atoms with E-state index in [-0.39, 0.29) is 28.7 Å². The second-order valence-electron chi connectivity index (χ2n) is 9.07. The van der Waals surface area contributed by atoms with Gasteiger partial charge in [0.05, 0.1) is 28.9 Å². The molecule has 204 valence electrons. The zero-order valence-corrected chi connectivity index (χ0v) is 22.7. The summed E-state index contributed by atoms with van der Waals surface area (Å²) in [7, 11) is -2.58. The lowest BCUT2D eigenvalue weighted by Crippen LogP contribution is -2.53. The summed E-state index contributed by atoms with van der Waals surface area (Å²) in [5.74, 6) is -0.685. The molecule has 0 spiro atoms. The van der Waals surface area contributed by atoms with Crippen LogP contribution in [0.1, 0.15) is 29.2 Å². The van der Waals surface area contributed by atoms with Gasteiger partial charge in [-0.05, 0) is 23.3 Å². The van der Waals surface area contributed by atoms with E-state index in [1.54, 1.807) is 17.6 Å². The molecule has 2 aromatic heterocycles. The number of methoxy groups -OCH3 is 1. The Kier molecular flexibility index (Phi) is 8.03. The molecule has 1 saturated heterocycles. The van der Waals surface area contributed by atoms with Crippen LogP contribution in [0.3, 0.4) is 0 Å². The molecule has 3 heterocycles. The van der Waals surface area contributed by atoms with Crippen LogP contribution in [0.5, 0.6) is 0 Å². The average Bonchev–Trinajstić information content (AvgIpc) is 3.66. The Bertz CT molecular complexity index is 1530. The van der Waals surface area contributed by atoms with Crippen LogP contribution in [0.25, 0.3) is 22.5 Å². The van der Waals surface area contributed by atoms with Crippen LogP contribution in [0.4, 0.5) is 0 Å². The number of sulfonamides is 1. The fourth-order valence-electron chi connectivity index (χ4n) is 4.64. The highest BCUT2D eigenvalue weighted by atomic mass is 32.2. The topological polar surface area (TPSA) is 144 Å². The van der Waals surface area contributed by atoms with Crippen LogP contribution in [-0.4, -0.2) is 56.2 Å². The van der Waals surface area contributed by atoms with Gasteiger partial charge in [-0.2, -0.15) is 0 Å². The molecular weight excluding hydrogens is 542 g/mol. The first-order chi connectivity index (χ1) is 18.8. The van der Waals surface area contributed by atoms with Crippen molar-refractivity contribution < 1.29 is 31.8 Å². The van der Waals surface area contributed by atoms with Gasteiger partial charge in [0.15, 0.2) is 11.9 Å². The van der Waals surface area contributed by atoms with Crippen LogP contribution in [-0.2, 0) is 30.8 Å². The zero-order valence-electron chi connectivity index (χ0n) is 21.1. The van der Waals surface area contributed by atoms with E-state index in [1.165, 1.54) is 30.7 Å². The zero-order chi connectivity index (χ0) is 27.5. The number of nitrogens with two attached hydrogens (primary N) is 1. The van der Waals surface area contributed by atoms with E-state index in [2.05, 4.69) is 9.97 Å². The van der Waals surface area contributed by atoms with E-state index < -0.39 is 27.5 Å². The minimum absolute atomic E-state index is 0.0804. The number of hydrogen-bond acceptors (Lipinski definition) is 10. The van der Waals surface area contributed by atoms with Gasteiger partial charge in [0.25, 0.3) is 5.89 Å². The molecule has 0 aliphatic carbocycles. The summed E-state index contributed by atoms with van der Waals surface area (Å²) in [4.78, 5) is 22.1. The van der Waals surface area contributed by atoms with Crippen LogP contribution in [0, 0.1) is 0 Å². The number of aromatic nitrogens is 2. The van der Waals surface area contributed by atoms with Gasteiger partial charge < -0.3 is 18.6 Å². The van der Waals surface area contributed by atoms with Gasteiger partial charge in [-0.1, -0.05) is 36.4 Å². The monoisotopic (exact) mass is 569 g/mol. The molecule has 0 saturated carbocycles. The fourth-order valence-corrected chi connectivity index (χ4v) is 5.91. The van der Waals surface area contributed by atoms with Crippen LogP contribution >= 0.6 is 11.3 Å². The summed E-state index contributed by atoms with van der Waals surface area (Å²) in [6.07, 6.45) is 1.11. The summed E-state index contributed by atoms with van der Waals surface area (Å²) >= 11 is 1.42. The summed E-state index contributed by atoms with van der Waals surface area (Å²) in [6.45, 7) is 0.894. The van der Waals surface area contributed by atoms with Gasteiger partial charge in [0.1, 0.15) is 5.60 Å². The summed E-state index contributed by atoms with van der Waals surface area (Å²) in [5.41, 5.74) is 3.21. The molecule has 2 N–H and O–H groups in total. The highest BCUT2D eigenvalue weighted by molar-refractivity contribution is 7.89. The highest BCUT2D eigenvalue weighted by Crippen LogP contribution is 2.35. The first kappa shape index (κ1) is 27.3. The Hall–Kier alpha value is -3.26. The van der Waals surface area contributed by atoms with E-state index in [0.717, 1.165) is 11.1 Å². The van der Waals surface area contributed by atoms with Crippen molar-refractivity contribution in [1.29, 1.82) is 0 Å². The summed E-state index contributed by atoms with van der Waals surface area (Å²) < 4.78 is 48.2. The van der Waals surface area contributed by atoms with Gasteiger partial charge >= 0.3 is 0 Å². The molecular formula is C27H27N3O7S2. The standard InChI is InChI=1S/C27H27N3O7S2/c1-34-27(9-11-35-12-10-27)25(36-15-20-16-38-17-30-20)24(31)26-29-14-22(37-26)21-13-19(18-5-3-2-4-6-18)7-8-23(21)39(28,32)33/h2-8,13-14,16-17,25H,9-12,15H2,1H3,(H2,28,32,33). The van der Waals surface area contributed by atoms with Crippen molar-refractivity contribution in [1.82, 2.24) is 9.97 Å². The number of carbonyl (C=O) groups is 1. The number of ether oxygens (including phenoxy) is 3. The predicted molar refractivity (Wildman–Crippen MR) is 144 cm³/mol. The molecule has 0 amide bonds. The van der Waals surface area contributed by atoms with Crippen molar-refractivity contribution >= 4 is 27.1 Å². The Balaban J connectivity index is 1.52. The number of carbonyl (C=O) groups excluding carboxylic acids is 1. The number of oxazole rings is 1. The van der Waals surface area contributed by atoms with Gasteiger partial charge in [-0.25, -0.2) is 23.5 Å². The Morgan fingerprint density at radius 3 is 2.56 bits per heavy atom. The molecule has 1 aliphatic heterocycles. The van der Waals surface area contributed by atoms with E-state index >= 15 is 0 Å². The number of benzene rings is 2. The molecule has 5 rings (SSSR count). The molecule has 1 fully saturated rings. The maximum absolute atomic E-state index is 13.8. The van der Waals surface area contributed by atoms with Crippen molar-refractivity contribution in [2.24, 2.45) is 5.14 Å². The smallest absolute Gasteiger partial charge is 0.266 e. The molecule has 1 unspecified atom stereocenters. The molecule has 39 heavy (non-hydrogen) atoms. The molecule has 1 aliphatic rings.